The molecule has 0 amide bonds. The Morgan fingerprint density at radius 3 is 2.77 bits per heavy atom. The summed E-state index contributed by atoms with van der Waals surface area (Å²) in [5.74, 6) is 1.72. The molecule has 0 radical (unpaired) electrons. The molecule has 3 unspecified atom stereocenters. The lowest BCUT2D eigenvalue weighted by atomic mass is 9.76. The van der Waals surface area contributed by atoms with Crippen molar-refractivity contribution in [2.45, 2.75) is 25.9 Å². The van der Waals surface area contributed by atoms with Gasteiger partial charge in [0, 0.05) is 5.92 Å². The van der Waals surface area contributed by atoms with Gasteiger partial charge in [0.25, 0.3) is 0 Å². The van der Waals surface area contributed by atoms with Gasteiger partial charge in [-0.1, -0.05) is 12.2 Å². The van der Waals surface area contributed by atoms with Gasteiger partial charge in [-0.2, -0.15) is 0 Å². The summed E-state index contributed by atoms with van der Waals surface area (Å²) in [5.41, 5.74) is -0.230. The highest BCUT2D eigenvalue weighted by molar-refractivity contribution is 5.77. The zero-order chi connectivity index (χ0) is 9.22. The van der Waals surface area contributed by atoms with E-state index in [0.29, 0.717) is 17.8 Å². The van der Waals surface area contributed by atoms with Crippen LogP contribution in [0.25, 0.3) is 0 Å². The van der Waals surface area contributed by atoms with Crippen molar-refractivity contribution >= 4 is 5.97 Å². The van der Waals surface area contributed by atoms with Crippen LogP contribution in [0.15, 0.2) is 12.2 Å². The van der Waals surface area contributed by atoms with Gasteiger partial charge < -0.3 is 4.74 Å². The fourth-order valence-electron chi connectivity index (χ4n) is 3.49. The number of fused-ring (bicyclic) bond motifs is 5. The molecule has 2 bridgehead atoms. The molecule has 4 atom stereocenters. The second-order valence-electron chi connectivity index (χ2n) is 5.02. The van der Waals surface area contributed by atoms with Crippen molar-refractivity contribution in [3.8, 4) is 0 Å². The third-order valence-corrected chi connectivity index (χ3v) is 3.90. The Labute approximate surface area is 78.0 Å². The van der Waals surface area contributed by atoms with Crippen molar-refractivity contribution in [1.82, 2.24) is 0 Å². The summed E-state index contributed by atoms with van der Waals surface area (Å²) in [6.07, 6.45) is 5.65. The second kappa shape index (κ2) is 1.99. The smallest absolute Gasteiger partial charge is 0.310 e. The first-order chi connectivity index (χ1) is 6.09. The fourth-order valence-corrected chi connectivity index (χ4v) is 3.49. The van der Waals surface area contributed by atoms with Gasteiger partial charge in [-0.3, -0.25) is 4.79 Å². The first kappa shape index (κ1) is 7.60. The van der Waals surface area contributed by atoms with E-state index in [1.54, 1.807) is 0 Å². The van der Waals surface area contributed by atoms with Crippen LogP contribution in [0.2, 0.25) is 0 Å². The lowest BCUT2D eigenvalue weighted by Crippen LogP contribution is -2.32. The summed E-state index contributed by atoms with van der Waals surface area (Å²) < 4.78 is 5.42. The summed E-state index contributed by atoms with van der Waals surface area (Å²) in [4.78, 5) is 11.6. The van der Waals surface area contributed by atoms with Crippen molar-refractivity contribution in [2.24, 2.45) is 23.7 Å². The average molecular weight is 178 g/mol. The first-order valence-electron chi connectivity index (χ1n) is 5.01. The van der Waals surface area contributed by atoms with Crippen LogP contribution in [0, 0.1) is 23.7 Å². The van der Waals surface area contributed by atoms with E-state index in [2.05, 4.69) is 12.2 Å². The van der Waals surface area contributed by atoms with Crippen molar-refractivity contribution in [2.75, 3.05) is 0 Å². The lowest BCUT2D eigenvalue weighted by Gasteiger charge is -2.28. The lowest BCUT2D eigenvalue weighted by molar-refractivity contribution is -0.149. The van der Waals surface area contributed by atoms with Gasteiger partial charge >= 0.3 is 5.97 Å². The maximum absolute atomic E-state index is 11.6. The van der Waals surface area contributed by atoms with Crippen LogP contribution in [0.4, 0.5) is 0 Å². The van der Waals surface area contributed by atoms with E-state index in [0.717, 1.165) is 0 Å². The van der Waals surface area contributed by atoms with Gasteiger partial charge in [-0.05, 0) is 32.1 Å². The monoisotopic (exact) mass is 178 g/mol. The minimum absolute atomic E-state index is 0.0341. The Morgan fingerprint density at radius 1 is 1.38 bits per heavy atom. The number of cyclic esters (lactones) is 1. The third-order valence-electron chi connectivity index (χ3n) is 3.90. The quantitative estimate of drug-likeness (QED) is 0.417. The van der Waals surface area contributed by atoms with E-state index >= 15 is 0 Å². The van der Waals surface area contributed by atoms with Crippen LogP contribution in [-0.2, 0) is 9.53 Å². The Hall–Kier alpha value is -0.790. The fraction of sp³-hybridized carbons (Fsp3) is 0.727. The number of hydrogen-bond acceptors (Lipinski definition) is 2. The van der Waals surface area contributed by atoms with Gasteiger partial charge in [-0.15, -0.1) is 0 Å². The molecule has 1 aliphatic heterocycles. The molecule has 1 heterocycles. The number of rotatable bonds is 0. The Morgan fingerprint density at radius 2 is 2.08 bits per heavy atom. The maximum atomic E-state index is 11.6. The molecule has 0 aromatic heterocycles. The van der Waals surface area contributed by atoms with Crippen molar-refractivity contribution in [3.63, 3.8) is 0 Å². The number of allylic oxidation sites excluding steroid dienone is 2. The summed E-state index contributed by atoms with van der Waals surface area (Å²) in [6.45, 7) is 4.09. The summed E-state index contributed by atoms with van der Waals surface area (Å²) in [5, 5.41) is 0. The van der Waals surface area contributed by atoms with Gasteiger partial charge in [0.2, 0.25) is 0 Å². The molecular weight excluding hydrogens is 164 g/mol. The van der Waals surface area contributed by atoms with E-state index in [9.17, 15) is 4.79 Å². The Kier molecular flexibility index (Phi) is 1.17. The summed E-state index contributed by atoms with van der Waals surface area (Å²) in [7, 11) is 0. The molecule has 2 aliphatic carbocycles. The van der Waals surface area contributed by atoms with Gasteiger partial charge in [-0.25, -0.2) is 0 Å². The third kappa shape index (κ3) is 0.767. The van der Waals surface area contributed by atoms with E-state index in [1.807, 2.05) is 13.8 Å². The van der Waals surface area contributed by atoms with E-state index in [-0.39, 0.29) is 17.5 Å². The molecular formula is C11H14O2. The molecule has 0 N–H and O–H groups in total. The van der Waals surface area contributed by atoms with Crippen LogP contribution in [0.1, 0.15) is 20.3 Å². The highest BCUT2D eigenvalue weighted by Gasteiger charge is 2.60. The average Bonchev–Trinajstić information content (AvgIpc) is 2.63. The molecule has 0 aromatic rings. The van der Waals surface area contributed by atoms with Crippen LogP contribution in [0.5, 0.6) is 0 Å². The van der Waals surface area contributed by atoms with Crippen molar-refractivity contribution in [3.05, 3.63) is 12.2 Å². The van der Waals surface area contributed by atoms with E-state index < -0.39 is 0 Å². The molecule has 3 aliphatic rings. The normalized spacial score (nSPS) is 49.5. The summed E-state index contributed by atoms with van der Waals surface area (Å²) in [6, 6.07) is 0. The number of esters is 1. The predicted octanol–water partition coefficient (Wildman–Crippen LogP) is 1.76. The zero-order valence-electron chi connectivity index (χ0n) is 7.99. The standard InChI is InChI=1S/C11H14O2/c1-11(2)9-7-4-3-6(5-7)8(9)10(12)13-11/h3-4,6-9H,5H2,1-2H3/t6-,7?,8?,9?/m0/s1. The van der Waals surface area contributed by atoms with Crippen LogP contribution in [-0.4, -0.2) is 11.6 Å². The molecule has 0 spiro atoms. The number of carbonyl (C=O) groups excluding carboxylic acids is 1. The summed E-state index contributed by atoms with van der Waals surface area (Å²) >= 11 is 0. The van der Waals surface area contributed by atoms with Crippen molar-refractivity contribution < 1.29 is 9.53 Å². The van der Waals surface area contributed by atoms with Crippen LogP contribution >= 0.6 is 0 Å². The minimum Gasteiger partial charge on any atom is -0.459 e. The molecule has 2 nitrogen and oxygen atoms in total. The zero-order valence-corrected chi connectivity index (χ0v) is 7.99. The maximum Gasteiger partial charge on any atom is 0.310 e. The largest absolute Gasteiger partial charge is 0.459 e. The van der Waals surface area contributed by atoms with Crippen LogP contribution in [0.3, 0.4) is 0 Å². The second-order valence-corrected chi connectivity index (χ2v) is 5.02. The molecule has 3 rings (SSSR count). The molecule has 2 fully saturated rings. The van der Waals surface area contributed by atoms with Gasteiger partial charge in [0.15, 0.2) is 0 Å². The van der Waals surface area contributed by atoms with Crippen molar-refractivity contribution in [1.29, 1.82) is 0 Å². The topological polar surface area (TPSA) is 26.3 Å². The highest BCUT2D eigenvalue weighted by atomic mass is 16.6. The number of carbonyl (C=O) groups is 1. The molecule has 70 valence electrons. The van der Waals surface area contributed by atoms with Gasteiger partial charge in [0.05, 0.1) is 5.92 Å². The molecule has 1 saturated heterocycles. The molecule has 13 heavy (non-hydrogen) atoms. The van der Waals surface area contributed by atoms with Crippen LogP contribution < -0.4 is 0 Å². The van der Waals surface area contributed by atoms with Gasteiger partial charge in [0.1, 0.15) is 5.60 Å². The first-order valence-corrected chi connectivity index (χ1v) is 5.01. The SMILES string of the molecule is CC1(C)OC(=O)C2C1C1C=C[C@H]2C1. The Bertz CT molecular complexity index is 303. The minimum atomic E-state index is -0.230. The molecule has 0 aromatic carbocycles. The number of hydrogen-bond donors (Lipinski definition) is 0. The number of ether oxygens (including phenoxy) is 1. The molecule has 1 saturated carbocycles. The highest BCUT2D eigenvalue weighted by Crippen LogP contribution is 2.57. The van der Waals surface area contributed by atoms with E-state index in [4.69, 9.17) is 4.74 Å². The Balaban J connectivity index is 2.06. The van der Waals surface area contributed by atoms with E-state index in [1.165, 1.54) is 6.42 Å². The predicted molar refractivity (Wildman–Crippen MR) is 47.9 cm³/mol. The molecule has 2 heteroatoms.